The molecular formula is C29H37FN4O3. The van der Waals surface area contributed by atoms with Gasteiger partial charge in [-0.2, -0.15) is 4.98 Å². The van der Waals surface area contributed by atoms with Gasteiger partial charge in [0.1, 0.15) is 0 Å². The van der Waals surface area contributed by atoms with E-state index in [2.05, 4.69) is 21.7 Å². The molecule has 1 amide bonds. The highest BCUT2D eigenvalue weighted by atomic mass is 19.1. The molecule has 0 saturated carbocycles. The smallest absolute Gasteiger partial charge is 0.232 e. The van der Waals surface area contributed by atoms with Crippen molar-refractivity contribution in [2.24, 2.45) is 0 Å². The average Bonchev–Trinajstić information content (AvgIpc) is 3.35. The van der Waals surface area contributed by atoms with E-state index in [1.807, 2.05) is 64.1 Å². The molecule has 0 fully saturated rings. The number of halogens is 1. The molecule has 0 aliphatic rings. The SMILES string of the molecule is C=C(F)CCC(=O)N(CCCCCc1noc(C(C)(C)C)n1)c1cccc(-c2ccc(OCC)nc2)c1. The molecule has 0 unspecified atom stereocenters. The third-order valence-corrected chi connectivity index (χ3v) is 5.82. The lowest BCUT2D eigenvalue weighted by Crippen LogP contribution is -2.31. The molecule has 1 aromatic carbocycles. The van der Waals surface area contributed by atoms with Crippen molar-refractivity contribution in [3.8, 4) is 17.0 Å². The molecule has 37 heavy (non-hydrogen) atoms. The van der Waals surface area contributed by atoms with Gasteiger partial charge in [0, 0.05) is 54.7 Å². The molecule has 3 rings (SSSR count). The number of pyridine rings is 1. The number of carbonyl (C=O) groups excluding carboxylic acids is 1. The fraction of sp³-hybridized carbons (Fsp3) is 0.448. The van der Waals surface area contributed by atoms with Crippen LogP contribution >= 0.6 is 0 Å². The predicted octanol–water partition coefficient (Wildman–Crippen LogP) is 6.84. The van der Waals surface area contributed by atoms with Crippen molar-refractivity contribution in [3.05, 3.63) is 66.7 Å². The molecule has 2 aromatic heterocycles. The first kappa shape index (κ1) is 28.0. The molecule has 2 heterocycles. The average molecular weight is 509 g/mol. The Bertz CT molecular complexity index is 1170. The van der Waals surface area contributed by atoms with Crippen molar-refractivity contribution in [2.45, 2.75) is 71.6 Å². The van der Waals surface area contributed by atoms with Gasteiger partial charge in [-0.1, -0.05) is 51.1 Å². The third-order valence-electron chi connectivity index (χ3n) is 5.82. The van der Waals surface area contributed by atoms with E-state index in [0.717, 1.165) is 42.5 Å². The number of hydrogen-bond donors (Lipinski definition) is 0. The predicted molar refractivity (Wildman–Crippen MR) is 143 cm³/mol. The Balaban J connectivity index is 1.65. The van der Waals surface area contributed by atoms with Crippen LogP contribution in [-0.4, -0.2) is 34.2 Å². The van der Waals surface area contributed by atoms with Crippen molar-refractivity contribution in [3.63, 3.8) is 0 Å². The molecule has 0 aliphatic heterocycles. The van der Waals surface area contributed by atoms with Gasteiger partial charge in [0.15, 0.2) is 5.82 Å². The van der Waals surface area contributed by atoms with E-state index in [9.17, 15) is 9.18 Å². The van der Waals surface area contributed by atoms with Crippen molar-refractivity contribution in [2.75, 3.05) is 18.1 Å². The number of aryl methyl sites for hydroxylation is 1. The number of anilines is 1. The van der Waals surface area contributed by atoms with Gasteiger partial charge in [-0.3, -0.25) is 4.79 Å². The van der Waals surface area contributed by atoms with Crippen LogP contribution in [0.3, 0.4) is 0 Å². The Hall–Kier alpha value is -3.55. The molecule has 0 atom stereocenters. The molecule has 0 saturated heterocycles. The number of carbonyl (C=O) groups is 1. The summed E-state index contributed by atoms with van der Waals surface area (Å²) in [6.45, 7) is 12.4. The number of amides is 1. The summed E-state index contributed by atoms with van der Waals surface area (Å²) in [6, 6.07) is 11.5. The molecule has 8 heteroatoms. The summed E-state index contributed by atoms with van der Waals surface area (Å²) in [5.74, 6) is 1.29. The van der Waals surface area contributed by atoms with Gasteiger partial charge >= 0.3 is 0 Å². The van der Waals surface area contributed by atoms with Gasteiger partial charge in [-0.15, -0.1) is 0 Å². The zero-order valence-electron chi connectivity index (χ0n) is 22.3. The van der Waals surface area contributed by atoms with E-state index in [1.54, 1.807) is 11.1 Å². The normalized spacial score (nSPS) is 11.4. The molecule has 7 nitrogen and oxygen atoms in total. The number of ether oxygens (including phenoxy) is 1. The van der Waals surface area contributed by atoms with E-state index in [1.165, 1.54) is 0 Å². The number of benzene rings is 1. The molecule has 198 valence electrons. The van der Waals surface area contributed by atoms with Crippen LogP contribution in [0.25, 0.3) is 11.1 Å². The lowest BCUT2D eigenvalue weighted by Gasteiger charge is -2.23. The molecule has 0 N–H and O–H groups in total. The number of nitrogens with zero attached hydrogens (tertiary/aromatic N) is 4. The number of hydrogen-bond acceptors (Lipinski definition) is 6. The molecule has 0 bridgehead atoms. The largest absolute Gasteiger partial charge is 0.478 e. The summed E-state index contributed by atoms with van der Waals surface area (Å²) in [4.78, 5) is 23.6. The van der Waals surface area contributed by atoms with Crippen LogP contribution in [0.2, 0.25) is 0 Å². The second kappa shape index (κ2) is 13.1. The van der Waals surface area contributed by atoms with Crippen LogP contribution in [0.1, 0.15) is 71.5 Å². The van der Waals surface area contributed by atoms with Crippen molar-refractivity contribution in [1.29, 1.82) is 0 Å². The van der Waals surface area contributed by atoms with Gasteiger partial charge in [0.05, 0.1) is 12.4 Å². The monoisotopic (exact) mass is 508 g/mol. The molecule has 3 aromatic rings. The summed E-state index contributed by atoms with van der Waals surface area (Å²) in [5, 5.41) is 4.08. The minimum absolute atomic E-state index is 0.0196. The number of rotatable bonds is 13. The zero-order chi connectivity index (χ0) is 26.8. The zero-order valence-corrected chi connectivity index (χ0v) is 22.3. The maximum atomic E-state index is 13.3. The Morgan fingerprint density at radius 3 is 2.57 bits per heavy atom. The van der Waals surface area contributed by atoms with Crippen LogP contribution in [0, 0.1) is 0 Å². The van der Waals surface area contributed by atoms with Gasteiger partial charge in [0.25, 0.3) is 0 Å². The van der Waals surface area contributed by atoms with Gasteiger partial charge < -0.3 is 14.2 Å². The van der Waals surface area contributed by atoms with Crippen LogP contribution in [-0.2, 0) is 16.6 Å². The number of unbranched alkanes of at least 4 members (excludes halogenated alkanes) is 2. The van der Waals surface area contributed by atoms with Gasteiger partial charge in [-0.25, -0.2) is 9.37 Å². The van der Waals surface area contributed by atoms with Crippen molar-refractivity contribution >= 4 is 11.6 Å². The topological polar surface area (TPSA) is 81.4 Å². The summed E-state index contributed by atoms with van der Waals surface area (Å²) in [7, 11) is 0. The number of allylic oxidation sites excluding steroid dienone is 1. The lowest BCUT2D eigenvalue weighted by atomic mass is 9.97. The minimum atomic E-state index is -0.489. The highest BCUT2D eigenvalue weighted by Crippen LogP contribution is 2.27. The second-order valence-corrected chi connectivity index (χ2v) is 10.0. The quantitative estimate of drug-likeness (QED) is 0.235. The molecular weight excluding hydrogens is 471 g/mol. The first-order chi connectivity index (χ1) is 17.7. The van der Waals surface area contributed by atoms with E-state index in [4.69, 9.17) is 9.26 Å². The molecule has 0 aliphatic carbocycles. The highest BCUT2D eigenvalue weighted by Gasteiger charge is 2.21. The highest BCUT2D eigenvalue weighted by molar-refractivity contribution is 5.94. The number of aromatic nitrogens is 3. The minimum Gasteiger partial charge on any atom is -0.478 e. The first-order valence-electron chi connectivity index (χ1n) is 12.8. The summed E-state index contributed by atoms with van der Waals surface area (Å²) in [6.07, 6.45) is 5.13. The first-order valence-corrected chi connectivity index (χ1v) is 12.8. The van der Waals surface area contributed by atoms with Crippen LogP contribution in [0.5, 0.6) is 5.88 Å². The van der Waals surface area contributed by atoms with Gasteiger partial charge in [-0.05, 0) is 43.5 Å². The van der Waals surface area contributed by atoms with E-state index in [0.29, 0.717) is 30.7 Å². The molecule has 0 radical (unpaired) electrons. The lowest BCUT2D eigenvalue weighted by molar-refractivity contribution is -0.118. The fourth-order valence-electron chi connectivity index (χ4n) is 3.80. The Morgan fingerprint density at radius 1 is 1.11 bits per heavy atom. The van der Waals surface area contributed by atoms with E-state index >= 15 is 0 Å². The standard InChI is InChI=1S/C29H37FN4O3/c1-6-36-26-16-15-23(20-31-26)22-11-10-12-24(19-22)34(27(35)17-14-21(2)30)18-9-7-8-13-25-32-28(37-33-25)29(3,4)5/h10-12,15-16,19-20H,2,6-9,13-14,17-18H2,1,3-5H3. The second-order valence-electron chi connectivity index (χ2n) is 10.0. The van der Waals surface area contributed by atoms with E-state index < -0.39 is 5.83 Å². The Labute approximate surface area is 218 Å². The van der Waals surface area contributed by atoms with Crippen LogP contribution in [0.15, 0.2) is 59.5 Å². The summed E-state index contributed by atoms with van der Waals surface area (Å²) < 4.78 is 24.1. The maximum absolute atomic E-state index is 13.3. The fourth-order valence-corrected chi connectivity index (χ4v) is 3.80. The van der Waals surface area contributed by atoms with Crippen LogP contribution < -0.4 is 9.64 Å². The Morgan fingerprint density at radius 2 is 1.92 bits per heavy atom. The third kappa shape index (κ3) is 8.51. The summed E-state index contributed by atoms with van der Waals surface area (Å²) in [5.41, 5.74) is 2.46. The summed E-state index contributed by atoms with van der Waals surface area (Å²) >= 11 is 0. The van der Waals surface area contributed by atoms with E-state index in [-0.39, 0.29) is 24.2 Å². The Kier molecular flexibility index (Phi) is 9.94. The van der Waals surface area contributed by atoms with Crippen molar-refractivity contribution < 1.29 is 18.4 Å². The van der Waals surface area contributed by atoms with Crippen LogP contribution in [0.4, 0.5) is 10.1 Å². The maximum Gasteiger partial charge on any atom is 0.232 e. The van der Waals surface area contributed by atoms with Gasteiger partial charge in [0.2, 0.25) is 17.7 Å². The molecule has 0 spiro atoms. The van der Waals surface area contributed by atoms with Crippen molar-refractivity contribution in [1.82, 2.24) is 15.1 Å².